The maximum atomic E-state index is 13.7. The molecule has 0 radical (unpaired) electrons. The van der Waals surface area contributed by atoms with Crippen molar-refractivity contribution in [2.45, 2.75) is 51.5 Å². The van der Waals surface area contributed by atoms with Crippen molar-refractivity contribution in [3.05, 3.63) is 36.7 Å². The molecular weight excluding hydrogens is 349 g/mol. The molecule has 1 saturated carbocycles. The van der Waals surface area contributed by atoms with Crippen molar-refractivity contribution in [3.8, 4) is 0 Å². The molecule has 1 unspecified atom stereocenters. The second kappa shape index (κ2) is 9.85. The molecule has 0 heterocycles. The Balaban J connectivity index is 1.87. The molecule has 0 saturated heterocycles. The number of halogens is 1. The Bertz CT molecular complexity index is 714. The fourth-order valence-corrected chi connectivity index (χ4v) is 3.15. The average molecular weight is 375 g/mol. The highest BCUT2D eigenvalue weighted by Crippen LogP contribution is 2.24. The lowest BCUT2D eigenvalue weighted by molar-refractivity contribution is -0.126. The number of benzene rings is 1. The van der Waals surface area contributed by atoms with Crippen LogP contribution >= 0.6 is 0 Å². The Hall–Kier alpha value is -2.70. The van der Waals surface area contributed by atoms with Crippen LogP contribution < -0.4 is 16.0 Å². The van der Waals surface area contributed by atoms with Gasteiger partial charge in [0.25, 0.3) is 0 Å². The van der Waals surface area contributed by atoms with Gasteiger partial charge in [0, 0.05) is 24.1 Å². The van der Waals surface area contributed by atoms with Gasteiger partial charge in [0.2, 0.25) is 17.7 Å². The van der Waals surface area contributed by atoms with Crippen LogP contribution in [0.4, 0.5) is 15.8 Å². The molecule has 6 nitrogen and oxygen atoms in total. The minimum atomic E-state index is -0.615. The molecule has 2 rings (SSSR count). The van der Waals surface area contributed by atoms with E-state index in [0.717, 1.165) is 37.8 Å². The third-order valence-corrected chi connectivity index (χ3v) is 4.55. The number of amides is 3. The lowest BCUT2D eigenvalue weighted by atomic mass is 9.88. The van der Waals surface area contributed by atoms with Crippen LogP contribution in [0.15, 0.2) is 30.9 Å². The third-order valence-electron chi connectivity index (χ3n) is 4.55. The maximum absolute atomic E-state index is 13.7. The molecule has 0 aliphatic heterocycles. The zero-order valence-electron chi connectivity index (χ0n) is 15.5. The molecule has 1 aliphatic rings. The number of carbonyl (C=O) groups excluding carboxylic acids is 3. The lowest BCUT2D eigenvalue weighted by Gasteiger charge is -2.23. The molecule has 1 aliphatic carbocycles. The fourth-order valence-electron chi connectivity index (χ4n) is 3.15. The van der Waals surface area contributed by atoms with Gasteiger partial charge in [-0.05, 0) is 44.0 Å². The number of nitrogens with one attached hydrogen (secondary N) is 3. The zero-order chi connectivity index (χ0) is 19.8. The molecule has 1 aromatic carbocycles. The highest BCUT2D eigenvalue weighted by molar-refractivity contribution is 6.00. The monoisotopic (exact) mass is 375 g/mol. The molecule has 27 heavy (non-hydrogen) atoms. The number of carbonyl (C=O) groups is 3. The first kappa shape index (κ1) is 20.6. The highest BCUT2D eigenvalue weighted by Gasteiger charge is 2.22. The summed E-state index contributed by atoms with van der Waals surface area (Å²) in [5.41, 5.74) is 0.308. The van der Waals surface area contributed by atoms with Crippen LogP contribution in [0.3, 0.4) is 0 Å². The third kappa shape index (κ3) is 6.51. The molecule has 3 amide bonds. The van der Waals surface area contributed by atoms with Gasteiger partial charge >= 0.3 is 0 Å². The molecule has 3 N–H and O–H groups in total. The van der Waals surface area contributed by atoms with Gasteiger partial charge in [0.1, 0.15) is 5.82 Å². The predicted octanol–water partition coefficient (Wildman–Crippen LogP) is 3.36. The quantitative estimate of drug-likeness (QED) is 0.639. The summed E-state index contributed by atoms with van der Waals surface area (Å²) in [5, 5.41) is 7.88. The van der Waals surface area contributed by atoms with E-state index in [1.807, 2.05) is 0 Å². The topological polar surface area (TPSA) is 87.3 Å². The summed E-state index contributed by atoms with van der Waals surface area (Å²) in [4.78, 5) is 35.7. The number of anilines is 2. The van der Waals surface area contributed by atoms with Crippen LogP contribution in [-0.2, 0) is 14.4 Å². The van der Waals surface area contributed by atoms with Crippen LogP contribution in [0.2, 0.25) is 0 Å². The van der Waals surface area contributed by atoms with E-state index >= 15 is 0 Å². The summed E-state index contributed by atoms with van der Waals surface area (Å²) in [6.45, 7) is 5.09. The van der Waals surface area contributed by atoms with Gasteiger partial charge in [-0.3, -0.25) is 14.4 Å². The minimum absolute atomic E-state index is 0.00575. The SMILES string of the molecule is C=CC(=O)Nc1cc(NC(=O)CC(C)NC(=O)C2CCCCC2)ccc1F. The number of hydrogen-bond donors (Lipinski definition) is 3. The Morgan fingerprint density at radius 1 is 1.22 bits per heavy atom. The summed E-state index contributed by atoms with van der Waals surface area (Å²) in [6, 6.07) is 3.59. The molecule has 1 fully saturated rings. The molecular formula is C20H26FN3O3. The molecule has 0 spiro atoms. The van der Waals surface area contributed by atoms with Gasteiger partial charge in [-0.25, -0.2) is 4.39 Å². The van der Waals surface area contributed by atoms with Gasteiger partial charge in [0.05, 0.1) is 5.69 Å². The minimum Gasteiger partial charge on any atom is -0.353 e. The summed E-state index contributed by atoms with van der Waals surface area (Å²) >= 11 is 0. The maximum Gasteiger partial charge on any atom is 0.247 e. The summed E-state index contributed by atoms with van der Waals surface area (Å²) in [5.74, 6) is -1.42. The second-order valence-corrected chi connectivity index (χ2v) is 6.88. The lowest BCUT2D eigenvalue weighted by Crippen LogP contribution is -2.39. The van der Waals surface area contributed by atoms with E-state index in [1.165, 1.54) is 18.6 Å². The van der Waals surface area contributed by atoms with Crippen LogP contribution in [0.1, 0.15) is 45.4 Å². The van der Waals surface area contributed by atoms with Crippen LogP contribution in [0.25, 0.3) is 0 Å². The van der Waals surface area contributed by atoms with Crippen LogP contribution in [0.5, 0.6) is 0 Å². The summed E-state index contributed by atoms with van der Waals surface area (Å²) in [6.07, 6.45) is 6.25. The first-order valence-electron chi connectivity index (χ1n) is 9.22. The Kier molecular flexibility index (Phi) is 7.52. The van der Waals surface area contributed by atoms with Gasteiger partial charge in [-0.1, -0.05) is 25.8 Å². The van der Waals surface area contributed by atoms with Crippen molar-refractivity contribution in [2.24, 2.45) is 5.92 Å². The molecule has 7 heteroatoms. The molecule has 0 aromatic heterocycles. The molecule has 1 atom stereocenters. The van der Waals surface area contributed by atoms with Crippen LogP contribution in [0, 0.1) is 11.7 Å². The van der Waals surface area contributed by atoms with Crippen molar-refractivity contribution in [3.63, 3.8) is 0 Å². The van der Waals surface area contributed by atoms with Crippen molar-refractivity contribution in [1.82, 2.24) is 5.32 Å². The Labute approximate surface area is 158 Å². The van der Waals surface area contributed by atoms with Crippen LogP contribution in [-0.4, -0.2) is 23.8 Å². The summed E-state index contributed by atoms with van der Waals surface area (Å²) in [7, 11) is 0. The largest absolute Gasteiger partial charge is 0.353 e. The zero-order valence-corrected chi connectivity index (χ0v) is 15.5. The van der Waals surface area contributed by atoms with E-state index in [4.69, 9.17) is 0 Å². The molecule has 146 valence electrons. The highest BCUT2D eigenvalue weighted by atomic mass is 19.1. The van der Waals surface area contributed by atoms with Gasteiger partial charge in [0.15, 0.2) is 0 Å². The van der Waals surface area contributed by atoms with E-state index in [-0.39, 0.29) is 35.9 Å². The van der Waals surface area contributed by atoms with E-state index in [0.29, 0.717) is 5.69 Å². The van der Waals surface area contributed by atoms with Gasteiger partial charge in [-0.15, -0.1) is 0 Å². The first-order chi connectivity index (χ1) is 12.9. The standard InChI is InChI=1S/C20H26FN3O3/c1-3-18(25)24-17-12-15(9-10-16(17)21)23-19(26)11-13(2)22-20(27)14-7-5-4-6-8-14/h3,9-10,12-14H,1,4-8,11H2,2H3,(H,22,27)(H,23,26)(H,24,25). The molecule has 0 bridgehead atoms. The first-order valence-corrected chi connectivity index (χ1v) is 9.22. The number of rotatable bonds is 7. The fraction of sp³-hybridized carbons (Fsp3) is 0.450. The van der Waals surface area contributed by atoms with Gasteiger partial charge in [-0.2, -0.15) is 0 Å². The smallest absolute Gasteiger partial charge is 0.247 e. The normalized spacial score (nSPS) is 15.5. The van der Waals surface area contributed by atoms with E-state index in [2.05, 4.69) is 22.5 Å². The Morgan fingerprint density at radius 2 is 1.93 bits per heavy atom. The van der Waals surface area contributed by atoms with E-state index < -0.39 is 11.7 Å². The van der Waals surface area contributed by atoms with E-state index in [1.54, 1.807) is 6.92 Å². The second-order valence-electron chi connectivity index (χ2n) is 6.88. The number of hydrogen-bond acceptors (Lipinski definition) is 3. The van der Waals surface area contributed by atoms with E-state index in [9.17, 15) is 18.8 Å². The van der Waals surface area contributed by atoms with Crippen molar-refractivity contribution in [2.75, 3.05) is 10.6 Å². The predicted molar refractivity (Wildman–Crippen MR) is 103 cm³/mol. The van der Waals surface area contributed by atoms with Crippen molar-refractivity contribution in [1.29, 1.82) is 0 Å². The summed E-state index contributed by atoms with van der Waals surface area (Å²) < 4.78 is 13.7. The van der Waals surface area contributed by atoms with Gasteiger partial charge < -0.3 is 16.0 Å². The van der Waals surface area contributed by atoms with Crippen molar-refractivity contribution < 1.29 is 18.8 Å². The van der Waals surface area contributed by atoms with Crippen molar-refractivity contribution >= 4 is 29.1 Å². The molecule has 1 aromatic rings. The average Bonchev–Trinajstić information content (AvgIpc) is 2.64. The Morgan fingerprint density at radius 3 is 2.59 bits per heavy atom.